The predicted octanol–water partition coefficient (Wildman–Crippen LogP) is 1.28. The Labute approximate surface area is 114 Å². The minimum absolute atomic E-state index is 0.0389. The van der Waals surface area contributed by atoms with Crippen molar-refractivity contribution in [1.29, 1.82) is 0 Å². The standard InChI is InChI=1S/C13H24N2O4/c1-13(2,3)19-12(17)15-7-5-4-6-10(15)8-18-9-11(14)16/h10H,4-9H2,1-3H3,(H2,14,16). The summed E-state index contributed by atoms with van der Waals surface area (Å²) in [6.45, 7) is 6.40. The number of piperidine rings is 1. The van der Waals surface area contributed by atoms with Crippen LogP contribution >= 0.6 is 0 Å². The van der Waals surface area contributed by atoms with Gasteiger partial charge in [0.2, 0.25) is 5.91 Å². The van der Waals surface area contributed by atoms with E-state index in [9.17, 15) is 9.59 Å². The van der Waals surface area contributed by atoms with Crippen LogP contribution in [0.25, 0.3) is 0 Å². The molecule has 6 heteroatoms. The minimum atomic E-state index is -0.507. The van der Waals surface area contributed by atoms with Crippen molar-refractivity contribution in [3.05, 3.63) is 0 Å². The number of carbonyl (C=O) groups excluding carboxylic acids is 2. The third kappa shape index (κ3) is 5.92. The topological polar surface area (TPSA) is 81.9 Å². The molecule has 0 aromatic carbocycles. The molecule has 0 aromatic rings. The maximum absolute atomic E-state index is 12.1. The Morgan fingerprint density at radius 3 is 2.58 bits per heavy atom. The second kappa shape index (κ2) is 6.75. The lowest BCUT2D eigenvalue weighted by molar-refractivity contribution is -0.123. The fraction of sp³-hybridized carbons (Fsp3) is 0.846. The van der Waals surface area contributed by atoms with Gasteiger partial charge in [-0.2, -0.15) is 0 Å². The summed E-state index contributed by atoms with van der Waals surface area (Å²) >= 11 is 0. The molecule has 0 aromatic heterocycles. The molecule has 19 heavy (non-hydrogen) atoms. The molecule has 0 aliphatic carbocycles. The first-order valence-corrected chi connectivity index (χ1v) is 6.65. The van der Waals surface area contributed by atoms with Crippen molar-refractivity contribution >= 4 is 12.0 Å². The molecular formula is C13H24N2O4. The Kier molecular flexibility index (Phi) is 5.60. The zero-order valence-corrected chi connectivity index (χ0v) is 12.0. The highest BCUT2D eigenvalue weighted by Crippen LogP contribution is 2.20. The second-order valence-corrected chi connectivity index (χ2v) is 5.80. The molecule has 1 aliphatic rings. The largest absolute Gasteiger partial charge is 0.444 e. The molecule has 1 atom stereocenters. The molecular weight excluding hydrogens is 248 g/mol. The van der Waals surface area contributed by atoms with Crippen molar-refractivity contribution in [3.63, 3.8) is 0 Å². The summed E-state index contributed by atoms with van der Waals surface area (Å²) in [5.41, 5.74) is 4.51. The van der Waals surface area contributed by atoms with Crippen LogP contribution in [-0.4, -0.2) is 48.3 Å². The van der Waals surface area contributed by atoms with Gasteiger partial charge < -0.3 is 20.1 Å². The van der Waals surface area contributed by atoms with Crippen LogP contribution in [0.2, 0.25) is 0 Å². The number of likely N-dealkylation sites (tertiary alicyclic amines) is 1. The van der Waals surface area contributed by atoms with Gasteiger partial charge in [-0.3, -0.25) is 4.79 Å². The molecule has 1 heterocycles. The van der Waals surface area contributed by atoms with E-state index in [2.05, 4.69) is 0 Å². The summed E-state index contributed by atoms with van der Waals surface area (Å²) in [5.74, 6) is -0.500. The number of hydrogen-bond acceptors (Lipinski definition) is 4. The number of ether oxygens (including phenoxy) is 2. The van der Waals surface area contributed by atoms with Crippen LogP contribution in [0.4, 0.5) is 4.79 Å². The molecule has 0 radical (unpaired) electrons. The molecule has 1 aliphatic heterocycles. The van der Waals surface area contributed by atoms with Gasteiger partial charge in [-0.25, -0.2) is 4.79 Å². The van der Waals surface area contributed by atoms with E-state index >= 15 is 0 Å². The first-order valence-electron chi connectivity index (χ1n) is 6.65. The zero-order chi connectivity index (χ0) is 14.5. The van der Waals surface area contributed by atoms with Gasteiger partial charge >= 0.3 is 6.09 Å². The average molecular weight is 272 g/mol. The third-order valence-electron chi connectivity index (χ3n) is 2.81. The SMILES string of the molecule is CC(C)(C)OC(=O)N1CCCCC1COCC(N)=O. The number of carbonyl (C=O) groups is 2. The first-order chi connectivity index (χ1) is 8.79. The monoisotopic (exact) mass is 272 g/mol. The lowest BCUT2D eigenvalue weighted by atomic mass is 10.0. The predicted molar refractivity (Wildman–Crippen MR) is 70.6 cm³/mol. The Morgan fingerprint density at radius 1 is 1.32 bits per heavy atom. The number of nitrogens with two attached hydrogens (primary N) is 1. The van der Waals surface area contributed by atoms with E-state index < -0.39 is 11.5 Å². The fourth-order valence-electron chi connectivity index (χ4n) is 2.03. The lowest BCUT2D eigenvalue weighted by Crippen LogP contribution is -2.48. The molecule has 1 rings (SSSR count). The van der Waals surface area contributed by atoms with Crippen molar-refractivity contribution < 1.29 is 19.1 Å². The van der Waals surface area contributed by atoms with Gasteiger partial charge in [-0.15, -0.1) is 0 Å². The Morgan fingerprint density at radius 2 is 2.00 bits per heavy atom. The summed E-state index contributed by atoms with van der Waals surface area (Å²) < 4.78 is 10.6. The van der Waals surface area contributed by atoms with E-state index in [1.165, 1.54) is 0 Å². The highest BCUT2D eigenvalue weighted by Gasteiger charge is 2.30. The smallest absolute Gasteiger partial charge is 0.410 e. The molecule has 110 valence electrons. The first kappa shape index (κ1) is 15.8. The van der Waals surface area contributed by atoms with Crippen molar-refractivity contribution in [2.75, 3.05) is 19.8 Å². The van der Waals surface area contributed by atoms with E-state index in [1.807, 2.05) is 20.8 Å². The highest BCUT2D eigenvalue weighted by molar-refractivity contribution is 5.75. The van der Waals surface area contributed by atoms with Crippen molar-refractivity contribution in [2.45, 2.75) is 51.7 Å². The number of hydrogen-bond donors (Lipinski definition) is 1. The molecule has 1 saturated heterocycles. The molecule has 2 amide bonds. The quantitative estimate of drug-likeness (QED) is 0.835. The number of nitrogens with zero attached hydrogens (tertiary/aromatic N) is 1. The Bertz CT molecular complexity index is 325. The molecule has 0 spiro atoms. The minimum Gasteiger partial charge on any atom is -0.444 e. The van der Waals surface area contributed by atoms with Crippen LogP contribution < -0.4 is 5.73 Å². The van der Waals surface area contributed by atoms with E-state index in [0.717, 1.165) is 19.3 Å². The summed E-state index contributed by atoms with van der Waals surface area (Å²) in [5, 5.41) is 0. The second-order valence-electron chi connectivity index (χ2n) is 5.80. The normalized spacial score (nSPS) is 20.2. The van der Waals surface area contributed by atoms with Gasteiger partial charge in [-0.1, -0.05) is 0 Å². The summed E-state index contributed by atoms with van der Waals surface area (Å²) in [4.78, 5) is 24.4. The van der Waals surface area contributed by atoms with E-state index in [-0.39, 0.29) is 18.7 Å². The van der Waals surface area contributed by atoms with E-state index in [0.29, 0.717) is 13.2 Å². The van der Waals surface area contributed by atoms with Gasteiger partial charge in [0.25, 0.3) is 0 Å². The van der Waals surface area contributed by atoms with Crippen molar-refractivity contribution in [2.24, 2.45) is 5.73 Å². The van der Waals surface area contributed by atoms with E-state index in [4.69, 9.17) is 15.2 Å². The van der Waals surface area contributed by atoms with Gasteiger partial charge in [0.05, 0.1) is 12.6 Å². The van der Waals surface area contributed by atoms with Gasteiger partial charge in [-0.05, 0) is 40.0 Å². The van der Waals surface area contributed by atoms with Gasteiger partial charge in [0.1, 0.15) is 12.2 Å². The zero-order valence-electron chi connectivity index (χ0n) is 12.0. The van der Waals surface area contributed by atoms with Crippen LogP contribution in [0, 0.1) is 0 Å². The number of primary amides is 1. The molecule has 2 N–H and O–H groups in total. The van der Waals surface area contributed by atoms with Crippen molar-refractivity contribution in [1.82, 2.24) is 4.90 Å². The maximum atomic E-state index is 12.1. The van der Waals surface area contributed by atoms with Crippen LogP contribution in [0.15, 0.2) is 0 Å². The Hall–Kier alpha value is -1.30. The summed E-state index contributed by atoms with van der Waals surface area (Å²) in [7, 11) is 0. The molecule has 1 fully saturated rings. The van der Waals surface area contributed by atoms with Crippen LogP contribution in [-0.2, 0) is 14.3 Å². The van der Waals surface area contributed by atoms with Crippen LogP contribution in [0.3, 0.4) is 0 Å². The molecule has 6 nitrogen and oxygen atoms in total. The van der Waals surface area contributed by atoms with Crippen LogP contribution in [0.1, 0.15) is 40.0 Å². The number of rotatable bonds is 4. The summed E-state index contributed by atoms with van der Waals surface area (Å²) in [6.07, 6.45) is 2.55. The van der Waals surface area contributed by atoms with Gasteiger partial charge in [0.15, 0.2) is 0 Å². The third-order valence-corrected chi connectivity index (χ3v) is 2.81. The molecule has 0 saturated carbocycles. The fourth-order valence-corrected chi connectivity index (χ4v) is 2.03. The highest BCUT2D eigenvalue weighted by atomic mass is 16.6. The Balaban J connectivity index is 2.51. The molecule has 1 unspecified atom stereocenters. The van der Waals surface area contributed by atoms with E-state index in [1.54, 1.807) is 4.90 Å². The van der Waals surface area contributed by atoms with Crippen molar-refractivity contribution in [3.8, 4) is 0 Å². The maximum Gasteiger partial charge on any atom is 0.410 e. The van der Waals surface area contributed by atoms with Gasteiger partial charge in [0, 0.05) is 6.54 Å². The van der Waals surface area contributed by atoms with Crippen LogP contribution in [0.5, 0.6) is 0 Å². The number of amides is 2. The average Bonchev–Trinajstić information content (AvgIpc) is 2.26. The summed E-state index contributed by atoms with van der Waals surface area (Å²) in [6, 6.07) is -0.0389. The lowest BCUT2D eigenvalue weighted by Gasteiger charge is -2.36. The molecule has 0 bridgehead atoms.